The Morgan fingerprint density at radius 1 is 1.10 bits per heavy atom. The fraction of sp³-hybridized carbons (Fsp3) is 0.568. The highest BCUT2D eigenvalue weighted by atomic mass is 33.1. The van der Waals surface area contributed by atoms with Gasteiger partial charge >= 0.3 is 0 Å². The Hall–Kier alpha value is -3.32. The number of hydrogen-bond acceptors (Lipinski definition) is 14. The number of nitrogens with two attached hydrogens (primary N) is 1. The molecule has 0 amide bonds. The summed E-state index contributed by atoms with van der Waals surface area (Å²) in [6.45, 7) is 4.24. The minimum atomic E-state index is -1.14. The van der Waals surface area contributed by atoms with Gasteiger partial charge in [0.2, 0.25) is 6.29 Å². The summed E-state index contributed by atoms with van der Waals surface area (Å²) in [5.41, 5.74) is 9.88. The summed E-state index contributed by atoms with van der Waals surface area (Å²) in [5.74, 6) is 9.02. The van der Waals surface area contributed by atoms with Crippen molar-refractivity contribution in [3.8, 4) is 34.8 Å². The van der Waals surface area contributed by atoms with Gasteiger partial charge in [0, 0.05) is 60.4 Å². The zero-order chi connectivity index (χ0) is 36.5. The highest BCUT2D eigenvalue weighted by Crippen LogP contribution is 2.46. The van der Waals surface area contributed by atoms with Crippen molar-refractivity contribution in [2.75, 3.05) is 38.6 Å². The number of aliphatic hydroxyl groups is 3. The zero-order valence-electron chi connectivity index (χ0n) is 29.4. The van der Waals surface area contributed by atoms with E-state index in [0.717, 1.165) is 28.2 Å². The van der Waals surface area contributed by atoms with Gasteiger partial charge in [0.15, 0.2) is 35.8 Å². The number of ether oxygens (including phenoxy) is 3. The largest absolute Gasteiger partial charge is 0.504 e. The number of phenols is 1. The molecular weight excluding hydrogens is 693 g/mol. The summed E-state index contributed by atoms with van der Waals surface area (Å²) in [5, 5.41) is 49.0. The second-order valence-electron chi connectivity index (χ2n) is 13.5. The van der Waals surface area contributed by atoms with Crippen LogP contribution < -0.4 is 30.6 Å². The fourth-order valence-electron chi connectivity index (χ4n) is 6.62. The second-order valence-corrected chi connectivity index (χ2v) is 16.1. The number of aryl methyl sites for hydroxylation is 2. The molecule has 278 valence electrons. The number of aromatic hydroxyl groups is 1. The number of rotatable bonds is 7. The molecule has 14 heteroatoms. The lowest BCUT2D eigenvalue weighted by Gasteiger charge is -2.37. The molecule has 5 atom stereocenters. The molecule has 2 aliphatic heterocycles. The quantitative estimate of drug-likeness (QED) is 0.125. The van der Waals surface area contributed by atoms with E-state index in [1.54, 1.807) is 34.7 Å². The molecule has 0 spiro atoms. The number of fused-ring (bicyclic) bond motifs is 5. The average molecular weight is 743 g/mol. The number of guanidine groups is 1. The molecule has 2 bridgehead atoms. The molecule has 5 unspecified atom stereocenters. The number of aliphatic hydroxyl groups excluding tert-OH is 3. The van der Waals surface area contributed by atoms with E-state index >= 15 is 0 Å². The smallest absolute Gasteiger partial charge is 0.201 e. The lowest BCUT2D eigenvalue weighted by Crippen LogP contribution is -2.45. The van der Waals surface area contributed by atoms with Gasteiger partial charge in [0.1, 0.15) is 12.5 Å². The molecular formula is C37H50N4O8S2. The third kappa shape index (κ3) is 9.97. The summed E-state index contributed by atoms with van der Waals surface area (Å²) in [4.78, 5) is 17.7. The highest BCUT2D eigenvalue weighted by Gasteiger charge is 2.38. The first-order valence-electron chi connectivity index (χ1n) is 17.5. The van der Waals surface area contributed by atoms with E-state index < -0.39 is 19.2 Å². The molecule has 0 fully saturated rings. The van der Waals surface area contributed by atoms with Crippen LogP contribution in [0.2, 0.25) is 0 Å². The molecule has 0 radical (unpaired) electrons. The summed E-state index contributed by atoms with van der Waals surface area (Å²) in [6.07, 6.45) is 0.0271. The van der Waals surface area contributed by atoms with Gasteiger partial charge in [-0.25, -0.2) is 0 Å². The van der Waals surface area contributed by atoms with Gasteiger partial charge in [-0.1, -0.05) is 59.4 Å². The van der Waals surface area contributed by atoms with Gasteiger partial charge in [-0.2, -0.15) is 0 Å². The van der Waals surface area contributed by atoms with Crippen LogP contribution in [0.25, 0.3) is 0 Å². The van der Waals surface area contributed by atoms with Crippen LogP contribution in [0.3, 0.4) is 0 Å². The van der Waals surface area contributed by atoms with Crippen LogP contribution in [0.1, 0.15) is 60.9 Å². The van der Waals surface area contributed by atoms with Crippen molar-refractivity contribution in [1.82, 2.24) is 10.6 Å². The summed E-state index contributed by atoms with van der Waals surface area (Å²) >= 11 is 0. The minimum Gasteiger partial charge on any atom is -0.504 e. The number of carbonyl (C=O) groups is 1. The van der Waals surface area contributed by atoms with Crippen molar-refractivity contribution in [2.45, 2.75) is 77.2 Å². The fourth-order valence-corrected chi connectivity index (χ4v) is 9.50. The first-order valence-corrected chi connectivity index (χ1v) is 20.0. The van der Waals surface area contributed by atoms with E-state index in [9.17, 15) is 25.2 Å². The van der Waals surface area contributed by atoms with Crippen molar-refractivity contribution in [3.63, 3.8) is 0 Å². The first-order chi connectivity index (χ1) is 24.6. The van der Waals surface area contributed by atoms with E-state index in [1.165, 1.54) is 6.07 Å². The molecule has 5 rings (SSSR count). The molecule has 0 aromatic heterocycles. The van der Waals surface area contributed by atoms with Crippen LogP contribution in [0.15, 0.2) is 23.2 Å². The number of ketones is 1. The Balaban J connectivity index is 1.55. The van der Waals surface area contributed by atoms with Crippen LogP contribution in [-0.4, -0.2) is 89.2 Å². The molecule has 8 N–H and O–H groups in total. The summed E-state index contributed by atoms with van der Waals surface area (Å²) in [6, 6.07) is 5.36. The van der Waals surface area contributed by atoms with Gasteiger partial charge in [-0.3, -0.25) is 15.1 Å². The van der Waals surface area contributed by atoms with Crippen molar-refractivity contribution >= 4 is 33.3 Å². The van der Waals surface area contributed by atoms with Crippen LogP contribution in [0.5, 0.6) is 23.0 Å². The second kappa shape index (κ2) is 18.4. The van der Waals surface area contributed by atoms with Crippen LogP contribution in [0, 0.1) is 29.6 Å². The molecule has 12 nitrogen and oxygen atoms in total. The monoisotopic (exact) mass is 742 g/mol. The van der Waals surface area contributed by atoms with Crippen LogP contribution >= 0.6 is 21.6 Å². The molecule has 51 heavy (non-hydrogen) atoms. The number of hydrogen-bond donors (Lipinski definition) is 7. The molecule has 2 aromatic carbocycles. The minimum absolute atomic E-state index is 0.00254. The first kappa shape index (κ1) is 38.9. The number of benzene rings is 2. The lowest BCUT2D eigenvalue weighted by atomic mass is 9.81. The van der Waals surface area contributed by atoms with Gasteiger partial charge in [0.25, 0.3) is 0 Å². The van der Waals surface area contributed by atoms with Crippen molar-refractivity contribution in [2.24, 2.45) is 28.5 Å². The highest BCUT2D eigenvalue weighted by molar-refractivity contribution is 8.76. The van der Waals surface area contributed by atoms with E-state index in [2.05, 4.69) is 41.3 Å². The van der Waals surface area contributed by atoms with Crippen molar-refractivity contribution in [1.29, 1.82) is 0 Å². The summed E-state index contributed by atoms with van der Waals surface area (Å²) in [7, 11) is 5.32. The van der Waals surface area contributed by atoms with Gasteiger partial charge in [0.05, 0.1) is 11.7 Å². The Morgan fingerprint density at radius 2 is 1.90 bits per heavy atom. The Morgan fingerprint density at radius 3 is 2.67 bits per heavy atom. The molecule has 2 aromatic rings. The number of nitrogens with zero attached hydrogens (tertiary/aromatic N) is 1. The molecule has 1 aliphatic carbocycles. The molecule has 0 saturated heterocycles. The van der Waals surface area contributed by atoms with Gasteiger partial charge < -0.3 is 45.7 Å². The SMILES string of the molecule is CNCOc1c2cc(c3c1OC(O)C(C1CN=C(N)NC(C(C)C)CSSC1)C3)CCC(O)CC(=O)CCc1ccc(O)c(OCO)c1C#CC2. The Kier molecular flexibility index (Phi) is 14.1. The molecule has 0 saturated carbocycles. The average Bonchev–Trinajstić information content (AvgIpc) is 3.10. The third-order valence-corrected chi connectivity index (χ3v) is 12.1. The summed E-state index contributed by atoms with van der Waals surface area (Å²) < 4.78 is 18.0. The van der Waals surface area contributed by atoms with Crippen molar-refractivity contribution < 1.29 is 39.4 Å². The lowest BCUT2D eigenvalue weighted by molar-refractivity contribution is -0.121. The zero-order valence-corrected chi connectivity index (χ0v) is 31.1. The third-order valence-electron chi connectivity index (χ3n) is 9.57. The maximum atomic E-state index is 13.0. The van der Waals surface area contributed by atoms with Crippen LogP contribution in [0.4, 0.5) is 0 Å². The molecule has 2 heterocycles. The van der Waals surface area contributed by atoms with E-state index in [4.69, 9.17) is 19.9 Å². The predicted molar refractivity (Wildman–Crippen MR) is 200 cm³/mol. The van der Waals surface area contributed by atoms with E-state index in [0.29, 0.717) is 66.7 Å². The molecule has 3 aliphatic rings. The number of aliphatic imine (C=N–C) groups is 1. The van der Waals surface area contributed by atoms with Gasteiger partial charge in [-0.05, 0) is 61.8 Å². The predicted octanol–water partition coefficient (Wildman–Crippen LogP) is 2.88. The normalized spacial score (nSPS) is 24.6. The maximum Gasteiger partial charge on any atom is 0.201 e. The maximum absolute atomic E-state index is 13.0. The van der Waals surface area contributed by atoms with Gasteiger partial charge in [-0.15, -0.1) is 0 Å². The van der Waals surface area contributed by atoms with Crippen LogP contribution in [-0.2, 0) is 30.5 Å². The Bertz CT molecular complexity index is 1630. The number of carbonyl (C=O) groups excluding carboxylic acids is 1. The Labute approximate surface area is 307 Å². The number of Topliss-reactive ketones (excluding diaryl/α,β-unsaturated/α-hetero) is 1. The number of nitrogens with one attached hydrogen (secondary N) is 2. The topological polar surface area (TPSA) is 188 Å². The van der Waals surface area contributed by atoms with E-state index in [-0.39, 0.29) is 61.2 Å². The number of phenolic OH excluding ortho intramolecular Hbond substituents is 1. The van der Waals surface area contributed by atoms with Crippen molar-refractivity contribution in [3.05, 3.63) is 46.0 Å². The van der Waals surface area contributed by atoms with E-state index in [1.807, 2.05) is 6.07 Å². The standard InChI is InChI=1S/C37H50N4O8S2/c1-21(2)31-18-51-50-17-25(16-40-37(38)41-31)30-15-29-23-8-11-27(44)14-26(43)10-7-22-9-12-32(45)34(48-20-42)28(22)6-4-5-24(13-23)33(47-19-39-3)35(29)49-36(30)46/h9,12-13,21,25,27,30-31,36,39,42,44-46H,5,7-8,10-11,14-20H2,1-3H3,(H3,38,40,41).